The Morgan fingerprint density at radius 3 is 2.42 bits per heavy atom. The van der Waals surface area contributed by atoms with Crippen LogP contribution in [0.1, 0.15) is 10.4 Å². The molecule has 2 heterocycles. The Labute approximate surface area is 186 Å². The fourth-order valence-corrected chi connectivity index (χ4v) is 6.23. The van der Waals surface area contributed by atoms with Crippen LogP contribution in [-0.2, 0) is 16.4 Å². The van der Waals surface area contributed by atoms with Crippen molar-refractivity contribution in [2.24, 2.45) is 0 Å². The highest BCUT2D eigenvalue weighted by Gasteiger charge is 2.31. The van der Waals surface area contributed by atoms with Gasteiger partial charge in [0.2, 0.25) is 0 Å². The van der Waals surface area contributed by atoms with Crippen LogP contribution < -0.4 is 9.62 Å². The zero-order valence-electron chi connectivity index (χ0n) is 16.9. The van der Waals surface area contributed by atoms with Crippen LogP contribution in [0, 0.1) is 6.92 Å². The number of benzene rings is 3. The molecule has 0 bridgehead atoms. The Morgan fingerprint density at radius 2 is 1.68 bits per heavy atom. The van der Waals surface area contributed by atoms with E-state index in [4.69, 9.17) is 4.98 Å². The van der Waals surface area contributed by atoms with E-state index in [1.165, 1.54) is 4.31 Å². The van der Waals surface area contributed by atoms with E-state index in [1.54, 1.807) is 35.6 Å². The highest BCUT2D eigenvalue weighted by atomic mass is 32.2. The molecule has 4 aromatic rings. The van der Waals surface area contributed by atoms with E-state index < -0.39 is 10.0 Å². The van der Waals surface area contributed by atoms with Gasteiger partial charge >= 0.3 is 0 Å². The molecule has 7 heteroatoms. The van der Waals surface area contributed by atoms with Gasteiger partial charge in [0.1, 0.15) is 0 Å². The van der Waals surface area contributed by atoms with Crippen LogP contribution >= 0.6 is 11.3 Å². The molecule has 0 radical (unpaired) electrons. The standard InChI is InChI=1S/C24H21N3O2S2/c1-17-23(26-24(30-17)25-20-8-4-2-5-9-20)19-12-13-22-18(16-19)14-15-27(22)31(28,29)21-10-6-3-7-11-21/h2-13,16H,14-15H2,1H3,(H,25,26). The largest absolute Gasteiger partial charge is 0.332 e. The maximum atomic E-state index is 13.1. The van der Waals surface area contributed by atoms with E-state index in [9.17, 15) is 8.42 Å². The van der Waals surface area contributed by atoms with Gasteiger partial charge in [0.05, 0.1) is 16.3 Å². The van der Waals surface area contributed by atoms with Crippen molar-refractivity contribution in [2.75, 3.05) is 16.2 Å². The predicted molar refractivity (Wildman–Crippen MR) is 127 cm³/mol. The lowest BCUT2D eigenvalue weighted by atomic mass is 10.1. The molecule has 5 rings (SSSR count). The lowest BCUT2D eigenvalue weighted by molar-refractivity contribution is 0.592. The van der Waals surface area contributed by atoms with Crippen molar-refractivity contribution in [1.82, 2.24) is 4.98 Å². The number of para-hydroxylation sites is 1. The summed E-state index contributed by atoms with van der Waals surface area (Å²) < 4.78 is 27.7. The second-order valence-corrected chi connectivity index (χ2v) is 10.5. The summed E-state index contributed by atoms with van der Waals surface area (Å²) in [6.45, 7) is 2.51. The maximum Gasteiger partial charge on any atom is 0.264 e. The smallest absolute Gasteiger partial charge is 0.264 e. The highest BCUT2D eigenvalue weighted by molar-refractivity contribution is 7.92. The minimum atomic E-state index is -3.56. The highest BCUT2D eigenvalue weighted by Crippen LogP contribution is 2.38. The third-order valence-electron chi connectivity index (χ3n) is 5.36. The van der Waals surface area contributed by atoms with E-state index in [0.717, 1.165) is 38.2 Å². The molecular formula is C24H21N3O2S2. The lowest BCUT2D eigenvalue weighted by Gasteiger charge is -2.19. The molecule has 0 spiro atoms. The maximum absolute atomic E-state index is 13.1. The Hall–Kier alpha value is -3.16. The Kier molecular flexibility index (Phi) is 5.00. The summed E-state index contributed by atoms with van der Waals surface area (Å²) in [5.74, 6) is 0. The van der Waals surface area contributed by atoms with Gasteiger partial charge in [0.15, 0.2) is 5.13 Å². The minimum absolute atomic E-state index is 0.318. The summed E-state index contributed by atoms with van der Waals surface area (Å²) in [5.41, 5.74) is 4.71. The first-order valence-corrected chi connectivity index (χ1v) is 12.3. The molecule has 1 aromatic heterocycles. The van der Waals surface area contributed by atoms with Crippen LogP contribution in [0.25, 0.3) is 11.3 Å². The zero-order chi connectivity index (χ0) is 21.4. The first-order chi connectivity index (χ1) is 15.0. The van der Waals surface area contributed by atoms with E-state index in [-0.39, 0.29) is 0 Å². The number of fused-ring (bicyclic) bond motifs is 1. The molecule has 31 heavy (non-hydrogen) atoms. The van der Waals surface area contributed by atoms with Crippen molar-refractivity contribution in [1.29, 1.82) is 0 Å². The summed E-state index contributed by atoms with van der Waals surface area (Å²) in [6, 6.07) is 24.5. The minimum Gasteiger partial charge on any atom is -0.332 e. The molecule has 5 nitrogen and oxygen atoms in total. The molecule has 0 unspecified atom stereocenters. The van der Waals surface area contributed by atoms with Crippen LogP contribution in [0.15, 0.2) is 83.8 Å². The number of aryl methyl sites for hydroxylation is 1. The van der Waals surface area contributed by atoms with E-state index in [1.807, 2.05) is 48.5 Å². The molecule has 3 aromatic carbocycles. The fourth-order valence-electron chi connectivity index (χ4n) is 3.85. The molecule has 0 fully saturated rings. The Balaban J connectivity index is 1.44. The van der Waals surface area contributed by atoms with Gasteiger partial charge in [-0.05, 0) is 55.3 Å². The second-order valence-electron chi connectivity index (χ2n) is 7.40. The summed E-state index contributed by atoms with van der Waals surface area (Å²) in [5, 5.41) is 4.19. The number of rotatable bonds is 5. The quantitative estimate of drug-likeness (QED) is 0.432. The Morgan fingerprint density at radius 1 is 0.968 bits per heavy atom. The predicted octanol–water partition coefficient (Wildman–Crippen LogP) is 5.61. The first kappa shape index (κ1) is 19.8. The third-order valence-corrected chi connectivity index (χ3v) is 8.07. The van der Waals surface area contributed by atoms with Crippen molar-refractivity contribution < 1.29 is 8.42 Å². The number of nitrogens with zero attached hydrogens (tertiary/aromatic N) is 2. The number of aromatic nitrogens is 1. The number of anilines is 3. The van der Waals surface area contributed by atoms with Crippen LogP contribution in [-0.4, -0.2) is 19.9 Å². The molecule has 1 aliphatic heterocycles. The average molecular weight is 448 g/mol. The second kappa shape index (κ2) is 7.83. The molecule has 1 N–H and O–H groups in total. The lowest BCUT2D eigenvalue weighted by Crippen LogP contribution is -2.29. The topological polar surface area (TPSA) is 62.3 Å². The number of sulfonamides is 1. The van der Waals surface area contributed by atoms with E-state index in [2.05, 4.69) is 18.3 Å². The fraction of sp³-hybridized carbons (Fsp3) is 0.125. The number of nitrogens with one attached hydrogen (secondary N) is 1. The molecule has 156 valence electrons. The molecule has 0 saturated carbocycles. The molecule has 0 aliphatic carbocycles. The number of hydrogen-bond acceptors (Lipinski definition) is 5. The molecule has 1 aliphatic rings. The van der Waals surface area contributed by atoms with Gasteiger partial charge in [0.25, 0.3) is 10.0 Å². The molecule has 0 saturated heterocycles. The van der Waals surface area contributed by atoms with Crippen LogP contribution in [0.5, 0.6) is 0 Å². The number of thiazole rings is 1. The van der Waals surface area contributed by atoms with Crippen LogP contribution in [0.4, 0.5) is 16.5 Å². The summed E-state index contributed by atoms with van der Waals surface area (Å²) in [7, 11) is -3.56. The molecule has 0 atom stereocenters. The molecular weight excluding hydrogens is 426 g/mol. The summed E-state index contributed by atoms with van der Waals surface area (Å²) >= 11 is 1.61. The third kappa shape index (κ3) is 3.71. The van der Waals surface area contributed by atoms with Crippen molar-refractivity contribution >= 4 is 37.9 Å². The normalized spacial score (nSPS) is 13.3. The average Bonchev–Trinajstić information content (AvgIpc) is 3.38. The molecule has 0 amide bonds. The van der Waals surface area contributed by atoms with Crippen molar-refractivity contribution in [3.8, 4) is 11.3 Å². The van der Waals surface area contributed by atoms with E-state index in [0.29, 0.717) is 17.9 Å². The number of hydrogen-bond donors (Lipinski definition) is 1. The van der Waals surface area contributed by atoms with E-state index >= 15 is 0 Å². The first-order valence-electron chi connectivity index (χ1n) is 10.0. The SMILES string of the molecule is Cc1sc(Nc2ccccc2)nc1-c1ccc2c(c1)CCN2S(=O)(=O)c1ccccc1. The van der Waals surface area contributed by atoms with Crippen molar-refractivity contribution in [3.05, 3.63) is 89.3 Å². The van der Waals surface area contributed by atoms with Gasteiger partial charge in [-0.3, -0.25) is 4.31 Å². The zero-order valence-corrected chi connectivity index (χ0v) is 18.6. The van der Waals surface area contributed by atoms with Gasteiger partial charge in [0, 0.05) is 22.7 Å². The van der Waals surface area contributed by atoms with Crippen LogP contribution in [0.3, 0.4) is 0 Å². The van der Waals surface area contributed by atoms with Gasteiger partial charge in [-0.15, -0.1) is 11.3 Å². The summed E-state index contributed by atoms with van der Waals surface area (Å²) in [6.07, 6.45) is 0.688. The monoisotopic (exact) mass is 447 g/mol. The van der Waals surface area contributed by atoms with Gasteiger partial charge in [-0.1, -0.05) is 42.5 Å². The summed E-state index contributed by atoms with van der Waals surface area (Å²) in [4.78, 5) is 6.23. The van der Waals surface area contributed by atoms with Gasteiger partial charge in [-0.25, -0.2) is 13.4 Å². The Bertz CT molecular complexity index is 1330. The van der Waals surface area contributed by atoms with Crippen molar-refractivity contribution in [3.63, 3.8) is 0 Å². The van der Waals surface area contributed by atoms with Gasteiger partial charge in [-0.2, -0.15) is 0 Å². The van der Waals surface area contributed by atoms with Crippen LogP contribution in [0.2, 0.25) is 0 Å². The van der Waals surface area contributed by atoms with Crippen molar-refractivity contribution in [2.45, 2.75) is 18.2 Å². The van der Waals surface area contributed by atoms with Gasteiger partial charge < -0.3 is 5.32 Å².